The maximum absolute atomic E-state index is 12.6. The Labute approximate surface area is 131 Å². The van der Waals surface area contributed by atoms with Crippen LogP contribution in [-0.2, 0) is 11.3 Å². The van der Waals surface area contributed by atoms with Gasteiger partial charge in [-0.3, -0.25) is 9.20 Å². The average molecular weight is 300 g/mol. The van der Waals surface area contributed by atoms with E-state index in [1.54, 1.807) is 4.90 Å². The Kier molecular flexibility index (Phi) is 4.41. The van der Waals surface area contributed by atoms with E-state index in [2.05, 4.69) is 17.1 Å². The second-order valence-electron chi connectivity index (χ2n) is 6.53. The molecule has 2 aromatic heterocycles. The third-order valence-electron chi connectivity index (χ3n) is 4.72. The van der Waals surface area contributed by atoms with E-state index in [9.17, 15) is 4.79 Å². The Balaban J connectivity index is 1.63. The van der Waals surface area contributed by atoms with Crippen molar-refractivity contribution in [3.8, 4) is 0 Å². The van der Waals surface area contributed by atoms with Crippen LogP contribution in [0.15, 0.2) is 24.4 Å². The third kappa shape index (κ3) is 3.13. The minimum absolute atomic E-state index is 0.0901. The zero-order chi connectivity index (χ0) is 15.5. The summed E-state index contributed by atoms with van der Waals surface area (Å²) in [4.78, 5) is 14.3. The first-order valence-electron chi connectivity index (χ1n) is 8.19. The molecule has 0 N–H and O–H groups in total. The van der Waals surface area contributed by atoms with Gasteiger partial charge in [-0.2, -0.15) is 0 Å². The van der Waals surface area contributed by atoms with Crippen molar-refractivity contribution in [1.29, 1.82) is 0 Å². The number of fused-ring (bicyclic) bond motifs is 1. The summed E-state index contributed by atoms with van der Waals surface area (Å²) in [6, 6.07) is 5.80. The molecule has 118 valence electrons. The summed E-state index contributed by atoms with van der Waals surface area (Å²) in [6.45, 7) is 2.55. The smallest absolute Gasteiger partial charge is 0.225 e. The van der Waals surface area contributed by atoms with Gasteiger partial charge in [-0.05, 0) is 24.5 Å². The van der Waals surface area contributed by atoms with Gasteiger partial charge in [-0.1, -0.05) is 38.7 Å². The number of rotatable bonds is 5. The summed E-state index contributed by atoms with van der Waals surface area (Å²) in [5, 5.41) is 8.33. The van der Waals surface area contributed by atoms with Crippen LogP contribution in [0.4, 0.5) is 0 Å². The topological polar surface area (TPSA) is 50.5 Å². The SMILES string of the molecule is C[C@@H](CC1CCCC1)C(=O)N(C)Cc1nnc2ccccn12. The highest BCUT2D eigenvalue weighted by atomic mass is 16.2. The second kappa shape index (κ2) is 6.46. The van der Waals surface area contributed by atoms with Crippen molar-refractivity contribution in [2.75, 3.05) is 7.05 Å². The molecule has 1 saturated carbocycles. The molecule has 2 heterocycles. The van der Waals surface area contributed by atoms with Crippen molar-refractivity contribution in [3.05, 3.63) is 30.2 Å². The predicted octanol–water partition coefficient (Wildman–Crippen LogP) is 2.90. The third-order valence-corrected chi connectivity index (χ3v) is 4.72. The van der Waals surface area contributed by atoms with Crippen LogP contribution < -0.4 is 0 Å². The molecule has 1 atom stereocenters. The Morgan fingerprint density at radius 2 is 2.14 bits per heavy atom. The highest BCUT2D eigenvalue weighted by Gasteiger charge is 2.24. The Morgan fingerprint density at radius 1 is 1.36 bits per heavy atom. The lowest BCUT2D eigenvalue weighted by atomic mass is 9.93. The lowest BCUT2D eigenvalue weighted by Crippen LogP contribution is -2.32. The van der Waals surface area contributed by atoms with Gasteiger partial charge >= 0.3 is 0 Å². The number of nitrogens with zero attached hydrogens (tertiary/aromatic N) is 4. The standard InChI is InChI=1S/C17H24N4O/c1-13(11-14-7-3-4-8-14)17(22)20(2)12-16-19-18-15-9-5-6-10-21(15)16/h5-6,9-10,13-14H,3-4,7-8,11-12H2,1-2H3/t13-/m0/s1. The van der Waals surface area contributed by atoms with Gasteiger partial charge in [0.1, 0.15) is 0 Å². The van der Waals surface area contributed by atoms with Crippen molar-refractivity contribution in [1.82, 2.24) is 19.5 Å². The fourth-order valence-electron chi connectivity index (χ4n) is 3.51. The maximum Gasteiger partial charge on any atom is 0.225 e. The largest absolute Gasteiger partial charge is 0.338 e. The Bertz CT molecular complexity index is 645. The Hall–Kier alpha value is -1.91. The van der Waals surface area contributed by atoms with Crippen LogP contribution in [0, 0.1) is 11.8 Å². The molecule has 3 rings (SSSR count). The van der Waals surface area contributed by atoms with Crippen LogP contribution in [0.5, 0.6) is 0 Å². The molecular formula is C17H24N4O. The van der Waals surface area contributed by atoms with E-state index in [-0.39, 0.29) is 11.8 Å². The van der Waals surface area contributed by atoms with Crippen LogP contribution in [0.3, 0.4) is 0 Å². The number of carbonyl (C=O) groups is 1. The van der Waals surface area contributed by atoms with Crippen LogP contribution in [0.25, 0.3) is 5.65 Å². The summed E-state index contributed by atoms with van der Waals surface area (Å²) in [5.41, 5.74) is 0.817. The number of amides is 1. The monoisotopic (exact) mass is 300 g/mol. The van der Waals surface area contributed by atoms with Gasteiger partial charge in [-0.25, -0.2) is 0 Å². The Morgan fingerprint density at radius 3 is 2.91 bits per heavy atom. The molecule has 0 spiro atoms. The molecular weight excluding hydrogens is 276 g/mol. The van der Waals surface area contributed by atoms with Crippen LogP contribution in [0.2, 0.25) is 0 Å². The van der Waals surface area contributed by atoms with Gasteiger partial charge in [0.25, 0.3) is 0 Å². The number of pyridine rings is 1. The van der Waals surface area contributed by atoms with E-state index in [4.69, 9.17) is 0 Å². The lowest BCUT2D eigenvalue weighted by molar-refractivity contribution is -0.134. The van der Waals surface area contributed by atoms with Gasteiger partial charge in [0.05, 0.1) is 6.54 Å². The van der Waals surface area contributed by atoms with Crippen LogP contribution in [-0.4, -0.2) is 32.5 Å². The fourth-order valence-corrected chi connectivity index (χ4v) is 3.51. The minimum Gasteiger partial charge on any atom is -0.338 e. The molecule has 1 amide bonds. The zero-order valence-corrected chi connectivity index (χ0v) is 13.4. The summed E-state index contributed by atoms with van der Waals surface area (Å²) < 4.78 is 1.94. The van der Waals surface area contributed by atoms with E-state index < -0.39 is 0 Å². The molecule has 2 aromatic rings. The fraction of sp³-hybridized carbons (Fsp3) is 0.588. The molecule has 0 radical (unpaired) electrons. The quantitative estimate of drug-likeness (QED) is 0.853. The summed E-state index contributed by atoms with van der Waals surface area (Å²) in [7, 11) is 1.86. The number of aromatic nitrogens is 3. The number of hydrogen-bond donors (Lipinski definition) is 0. The summed E-state index contributed by atoms with van der Waals surface area (Å²) in [5.74, 6) is 1.84. The molecule has 5 heteroatoms. The molecule has 0 unspecified atom stereocenters. The number of hydrogen-bond acceptors (Lipinski definition) is 3. The molecule has 1 fully saturated rings. The molecule has 1 aliphatic rings. The van der Waals surface area contributed by atoms with Gasteiger partial charge < -0.3 is 4.90 Å². The molecule has 5 nitrogen and oxygen atoms in total. The highest BCUT2D eigenvalue weighted by Crippen LogP contribution is 2.30. The van der Waals surface area contributed by atoms with E-state index in [1.807, 2.05) is 35.8 Å². The average Bonchev–Trinajstić information content (AvgIpc) is 3.17. The molecule has 1 aliphatic carbocycles. The lowest BCUT2D eigenvalue weighted by Gasteiger charge is -2.22. The summed E-state index contributed by atoms with van der Waals surface area (Å²) >= 11 is 0. The molecule has 22 heavy (non-hydrogen) atoms. The van der Waals surface area contributed by atoms with Gasteiger partial charge in [0, 0.05) is 19.2 Å². The first kappa shape index (κ1) is 15.0. The van der Waals surface area contributed by atoms with Gasteiger partial charge in [0.15, 0.2) is 11.5 Å². The molecule has 0 saturated heterocycles. The van der Waals surface area contributed by atoms with E-state index in [0.29, 0.717) is 6.54 Å². The number of carbonyl (C=O) groups excluding carboxylic acids is 1. The first-order valence-corrected chi connectivity index (χ1v) is 8.19. The summed E-state index contributed by atoms with van der Waals surface area (Å²) in [6.07, 6.45) is 8.18. The van der Waals surface area contributed by atoms with E-state index in [1.165, 1.54) is 25.7 Å². The van der Waals surface area contributed by atoms with Crippen LogP contribution in [0.1, 0.15) is 44.9 Å². The van der Waals surface area contributed by atoms with Crippen LogP contribution >= 0.6 is 0 Å². The van der Waals surface area contributed by atoms with Crippen molar-refractivity contribution < 1.29 is 4.79 Å². The van der Waals surface area contributed by atoms with Gasteiger partial charge in [0.2, 0.25) is 5.91 Å². The normalized spacial score (nSPS) is 17.0. The van der Waals surface area contributed by atoms with E-state index in [0.717, 1.165) is 23.8 Å². The first-order chi connectivity index (χ1) is 10.6. The minimum atomic E-state index is 0.0901. The van der Waals surface area contributed by atoms with Crippen molar-refractivity contribution >= 4 is 11.6 Å². The predicted molar refractivity (Wildman–Crippen MR) is 85.2 cm³/mol. The second-order valence-corrected chi connectivity index (χ2v) is 6.53. The molecule has 0 aromatic carbocycles. The van der Waals surface area contributed by atoms with Crippen molar-refractivity contribution in [2.45, 2.75) is 45.6 Å². The van der Waals surface area contributed by atoms with Gasteiger partial charge in [-0.15, -0.1) is 10.2 Å². The molecule has 0 bridgehead atoms. The van der Waals surface area contributed by atoms with Crippen molar-refractivity contribution in [3.63, 3.8) is 0 Å². The molecule has 0 aliphatic heterocycles. The maximum atomic E-state index is 12.6. The highest BCUT2D eigenvalue weighted by molar-refractivity contribution is 5.78. The van der Waals surface area contributed by atoms with Crippen molar-refractivity contribution in [2.24, 2.45) is 11.8 Å². The zero-order valence-electron chi connectivity index (χ0n) is 13.4. The van der Waals surface area contributed by atoms with E-state index >= 15 is 0 Å².